The van der Waals surface area contributed by atoms with Crippen molar-refractivity contribution in [1.29, 1.82) is 0 Å². The molecule has 3 nitrogen and oxygen atoms in total. The number of carbonyl (C=O) groups excluding carboxylic acids is 1. The smallest absolute Gasteiger partial charge is 0.222 e. The molecule has 1 unspecified atom stereocenters. The van der Waals surface area contributed by atoms with E-state index >= 15 is 0 Å². The number of halogens is 2. The van der Waals surface area contributed by atoms with Gasteiger partial charge in [0.05, 0.1) is 6.04 Å². The summed E-state index contributed by atoms with van der Waals surface area (Å²) in [6.07, 6.45) is 1.19. The standard InChI is InChI=1S/C16H24F2N2O/c1-11(2)19-9-5-6-16(21)20(4)12(3)13-7-8-14(17)15(18)10-13/h7-8,10-12,19H,5-6,9H2,1-4H3. The third-order valence-corrected chi connectivity index (χ3v) is 3.52. The van der Waals surface area contributed by atoms with Crippen LogP contribution in [-0.2, 0) is 4.79 Å². The van der Waals surface area contributed by atoms with Crippen LogP contribution in [0.25, 0.3) is 0 Å². The number of hydrogen-bond acceptors (Lipinski definition) is 2. The maximum atomic E-state index is 13.2. The Labute approximate surface area is 125 Å². The normalized spacial score (nSPS) is 12.5. The first-order chi connectivity index (χ1) is 9.82. The fourth-order valence-corrected chi connectivity index (χ4v) is 2.02. The van der Waals surface area contributed by atoms with Crippen LogP contribution in [0.15, 0.2) is 18.2 Å². The molecule has 1 amide bonds. The number of hydrogen-bond donors (Lipinski definition) is 1. The summed E-state index contributed by atoms with van der Waals surface area (Å²) in [6, 6.07) is 3.85. The van der Waals surface area contributed by atoms with E-state index in [2.05, 4.69) is 19.2 Å². The molecule has 118 valence electrons. The topological polar surface area (TPSA) is 32.3 Å². The van der Waals surface area contributed by atoms with Crippen LogP contribution in [0.2, 0.25) is 0 Å². The molecule has 1 aromatic carbocycles. The van der Waals surface area contributed by atoms with Gasteiger partial charge in [-0.1, -0.05) is 19.9 Å². The largest absolute Gasteiger partial charge is 0.339 e. The second-order valence-electron chi connectivity index (χ2n) is 5.57. The molecule has 0 saturated carbocycles. The molecule has 0 bridgehead atoms. The van der Waals surface area contributed by atoms with Gasteiger partial charge in [-0.2, -0.15) is 0 Å². The van der Waals surface area contributed by atoms with Crippen LogP contribution < -0.4 is 5.32 Å². The third kappa shape index (κ3) is 5.42. The minimum absolute atomic E-state index is 0.00205. The van der Waals surface area contributed by atoms with Gasteiger partial charge in [-0.25, -0.2) is 8.78 Å². The summed E-state index contributed by atoms with van der Waals surface area (Å²) >= 11 is 0. The lowest BCUT2D eigenvalue weighted by Crippen LogP contribution is -2.31. The maximum Gasteiger partial charge on any atom is 0.222 e. The van der Waals surface area contributed by atoms with Crippen molar-refractivity contribution in [2.45, 2.75) is 45.7 Å². The van der Waals surface area contributed by atoms with Crippen molar-refractivity contribution in [2.24, 2.45) is 0 Å². The number of benzene rings is 1. The fraction of sp³-hybridized carbons (Fsp3) is 0.562. The van der Waals surface area contributed by atoms with E-state index in [1.807, 2.05) is 0 Å². The van der Waals surface area contributed by atoms with Gasteiger partial charge in [0.15, 0.2) is 11.6 Å². The van der Waals surface area contributed by atoms with E-state index in [0.29, 0.717) is 18.0 Å². The number of nitrogens with zero attached hydrogens (tertiary/aromatic N) is 1. The highest BCUT2D eigenvalue weighted by Gasteiger charge is 2.18. The van der Waals surface area contributed by atoms with Gasteiger partial charge in [0.1, 0.15) is 0 Å². The van der Waals surface area contributed by atoms with Crippen molar-refractivity contribution in [3.05, 3.63) is 35.4 Å². The van der Waals surface area contributed by atoms with Crippen molar-refractivity contribution in [3.63, 3.8) is 0 Å². The molecule has 0 aliphatic heterocycles. The Morgan fingerprint density at radius 2 is 1.90 bits per heavy atom. The number of nitrogens with one attached hydrogen (secondary N) is 1. The predicted octanol–water partition coefficient (Wildman–Crippen LogP) is 3.26. The minimum Gasteiger partial charge on any atom is -0.339 e. The Morgan fingerprint density at radius 1 is 1.24 bits per heavy atom. The zero-order valence-corrected chi connectivity index (χ0v) is 13.1. The van der Waals surface area contributed by atoms with Gasteiger partial charge < -0.3 is 10.2 Å². The molecule has 21 heavy (non-hydrogen) atoms. The molecule has 5 heteroatoms. The molecule has 0 spiro atoms. The molecule has 1 aromatic rings. The molecule has 1 rings (SSSR count). The SMILES string of the molecule is CC(C)NCCCC(=O)N(C)C(C)c1ccc(F)c(F)c1. The minimum atomic E-state index is -0.888. The molecule has 0 aliphatic carbocycles. The lowest BCUT2D eigenvalue weighted by Gasteiger charge is -2.25. The first-order valence-corrected chi connectivity index (χ1v) is 7.27. The van der Waals surface area contributed by atoms with E-state index in [-0.39, 0.29) is 11.9 Å². The van der Waals surface area contributed by atoms with Crippen molar-refractivity contribution in [3.8, 4) is 0 Å². The van der Waals surface area contributed by atoms with Crippen LogP contribution in [0.3, 0.4) is 0 Å². The predicted molar refractivity (Wildman–Crippen MR) is 79.9 cm³/mol. The summed E-state index contributed by atoms with van der Waals surface area (Å²) < 4.78 is 26.2. The van der Waals surface area contributed by atoms with Crippen molar-refractivity contribution >= 4 is 5.91 Å². The zero-order valence-electron chi connectivity index (χ0n) is 13.1. The van der Waals surface area contributed by atoms with Gasteiger partial charge in [-0.15, -0.1) is 0 Å². The monoisotopic (exact) mass is 298 g/mol. The Balaban J connectivity index is 2.54. The van der Waals surface area contributed by atoms with Crippen LogP contribution >= 0.6 is 0 Å². The summed E-state index contributed by atoms with van der Waals surface area (Å²) in [5, 5.41) is 3.25. The maximum absolute atomic E-state index is 13.2. The first-order valence-electron chi connectivity index (χ1n) is 7.27. The average Bonchev–Trinajstić information content (AvgIpc) is 2.44. The van der Waals surface area contributed by atoms with E-state index in [1.54, 1.807) is 18.9 Å². The molecule has 0 aliphatic rings. The second kappa shape index (κ2) is 8.08. The van der Waals surface area contributed by atoms with Gasteiger partial charge in [0, 0.05) is 19.5 Å². The Hall–Kier alpha value is -1.49. The van der Waals surface area contributed by atoms with Gasteiger partial charge >= 0.3 is 0 Å². The molecular weight excluding hydrogens is 274 g/mol. The van der Waals surface area contributed by atoms with Gasteiger partial charge in [0.2, 0.25) is 5.91 Å². The van der Waals surface area contributed by atoms with Gasteiger partial charge in [0.25, 0.3) is 0 Å². The first kappa shape index (κ1) is 17.6. The van der Waals surface area contributed by atoms with E-state index in [0.717, 1.165) is 25.1 Å². The molecule has 1 N–H and O–H groups in total. The lowest BCUT2D eigenvalue weighted by molar-refractivity contribution is -0.131. The molecule has 1 atom stereocenters. The van der Waals surface area contributed by atoms with Crippen LogP contribution in [0.4, 0.5) is 8.78 Å². The quantitative estimate of drug-likeness (QED) is 0.784. The van der Waals surface area contributed by atoms with E-state index in [9.17, 15) is 13.6 Å². The van der Waals surface area contributed by atoms with Crippen LogP contribution in [0.1, 0.15) is 45.2 Å². The summed E-state index contributed by atoms with van der Waals surface area (Å²) in [5.74, 6) is -1.76. The Morgan fingerprint density at radius 3 is 2.48 bits per heavy atom. The zero-order chi connectivity index (χ0) is 16.0. The second-order valence-corrected chi connectivity index (χ2v) is 5.57. The Kier molecular flexibility index (Phi) is 6.75. The fourth-order valence-electron chi connectivity index (χ4n) is 2.02. The Bertz CT molecular complexity index is 477. The molecular formula is C16H24F2N2O. The van der Waals surface area contributed by atoms with Crippen LogP contribution in [0.5, 0.6) is 0 Å². The van der Waals surface area contributed by atoms with Gasteiger partial charge in [-0.05, 0) is 37.6 Å². The average molecular weight is 298 g/mol. The summed E-state index contributed by atoms with van der Waals surface area (Å²) in [5.41, 5.74) is 0.588. The van der Waals surface area contributed by atoms with Gasteiger partial charge in [-0.3, -0.25) is 4.79 Å². The number of carbonyl (C=O) groups is 1. The van der Waals surface area contributed by atoms with E-state index in [4.69, 9.17) is 0 Å². The third-order valence-electron chi connectivity index (χ3n) is 3.52. The lowest BCUT2D eigenvalue weighted by atomic mass is 10.1. The number of rotatable bonds is 7. The van der Waals surface area contributed by atoms with Crippen LogP contribution in [-0.4, -0.2) is 30.4 Å². The van der Waals surface area contributed by atoms with E-state index in [1.165, 1.54) is 6.07 Å². The molecule has 0 radical (unpaired) electrons. The highest BCUT2D eigenvalue weighted by atomic mass is 19.2. The summed E-state index contributed by atoms with van der Waals surface area (Å²) in [4.78, 5) is 13.7. The van der Waals surface area contributed by atoms with Crippen molar-refractivity contribution < 1.29 is 13.6 Å². The van der Waals surface area contributed by atoms with Crippen molar-refractivity contribution in [2.75, 3.05) is 13.6 Å². The molecule has 0 aromatic heterocycles. The summed E-state index contributed by atoms with van der Waals surface area (Å²) in [6.45, 7) is 6.70. The number of amides is 1. The van der Waals surface area contributed by atoms with E-state index < -0.39 is 11.6 Å². The highest BCUT2D eigenvalue weighted by Crippen LogP contribution is 2.21. The van der Waals surface area contributed by atoms with Crippen LogP contribution in [0, 0.1) is 11.6 Å². The molecule has 0 heterocycles. The summed E-state index contributed by atoms with van der Waals surface area (Å²) in [7, 11) is 1.68. The molecule has 0 fully saturated rings. The highest BCUT2D eigenvalue weighted by molar-refractivity contribution is 5.76. The molecule has 0 saturated heterocycles. The van der Waals surface area contributed by atoms with Crippen molar-refractivity contribution in [1.82, 2.24) is 10.2 Å².